The maximum atomic E-state index is 11.1. The third kappa shape index (κ3) is 4.27. The van der Waals surface area contributed by atoms with E-state index in [0.717, 1.165) is 21.9 Å². The average molecular weight is 257 g/mol. The van der Waals surface area contributed by atoms with Gasteiger partial charge in [0.2, 0.25) is 0 Å². The second-order valence-electron chi connectivity index (χ2n) is 3.77. The number of hydrogen-bond donors (Lipinski definition) is 0. The highest BCUT2D eigenvalue weighted by Crippen LogP contribution is 2.25. The topological polar surface area (TPSA) is 35.5 Å². The molecule has 0 amide bonds. The van der Waals surface area contributed by atoms with Gasteiger partial charge in [0.25, 0.3) is 0 Å². The minimum absolute atomic E-state index is 0.241. The van der Waals surface area contributed by atoms with Gasteiger partial charge in [-0.15, -0.1) is 0 Å². The van der Waals surface area contributed by atoms with Crippen molar-refractivity contribution in [3.8, 4) is 5.75 Å². The average Bonchev–Trinajstić information content (AvgIpc) is 2.26. The lowest BCUT2D eigenvalue weighted by atomic mass is 10.1. The Balaban J connectivity index is 2.50. The Morgan fingerprint density at radius 3 is 2.41 bits per heavy atom. The summed E-state index contributed by atoms with van der Waals surface area (Å²) in [6.45, 7) is 6.35. The summed E-state index contributed by atoms with van der Waals surface area (Å²) in [4.78, 5) is 11.1. The summed E-state index contributed by atoms with van der Waals surface area (Å²) < 4.78 is 10.3. The summed E-state index contributed by atoms with van der Waals surface area (Å²) in [5, 5.41) is 0.753. The third-order valence-electron chi connectivity index (χ3n) is 2.29. The van der Waals surface area contributed by atoms with E-state index in [0.29, 0.717) is 13.2 Å². The Labute approximate surface area is 107 Å². The van der Waals surface area contributed by atoms with Gasteiger partial charge in [0.1, 0.15) is 5.75 Å². The maximum Gasteiger partial charge on any atom is 0.309 e. The molecule has 94 valence electrons. The molecule has 0 radical (unpaired) electrons. The molecule has 4 heteroatoms. The van der Waals surface area contributed by atoms with Crippen LogP contribution in [0.25, 0.3) is 0 Å². The first kappa shape index (κ1) is 13.8. The molecule has 17 heavy (non-hydrogen) atoms. The Kier molecular flexibility index (Phi) is 5.29. The summed E-state index contributed by atoms with van der Waals surface area (Å²) in [5.41, 5.74) is 1.94. The van der Waals surface area contributed by atoms with Gasteiger partial charge in [0.15, 0.2) is 0 Å². The van der Waals surface area contributed by atoms with Crippen LogP contribution in [0.15, 0.2) is 12.1 Å². The summed E-state index contributed by atoms with van der Waals surface area (Å²) in [6.07, 6.45) is 0.258. The molecular weight excluding hydrogens is 240 g/mol. The van der Waals surface area contributed by atoms with Crippen molar-refractivity contribution in [2.24, 2.45) is 0 Å². The van der Waals surface area contributed by atoms with Crippen molar-refractivity contribution in [1.82, 2.24) is 0 Å². The van der Waals surface area contributed by atoms with Gasteiger partial charge in [-0.3, -0.25) is 4.79 Å². The smallest absolute Gasteiger partial charge is 0.309 e. The molecule has 0 aliphatic carbocycles. The fourth-order valence-corrected chi connectivity index (χ4v) is 1.58. The van der Waals surface area contributed by atoms with Gasteiger partial charge >= 0.3 is 5.97 Å². The SMILES string of the molecule is CCOC(=O)CCOc1cc(C)c(Cl)c(C)c1. The molecule has 0 atom stereocenters. The molecule has 0 bridgehead atoms. The van der Waals surface area contributed by atoms with E-state index in [9.17, 15) is 4.79 Å². The van der Waals surface area contributed by atoms with Crippen molar-refractivity contribution in [2.45, 2.75) is 27.2 Å². The minimum atomic E-state index is -0.241. The summed E-state index contributed by atoms with van der Waals surface area (Å²) in [5.74, 6) is 0.489. The first-order valence-electron chi connectivity index (χ1n) is 5.59. The lowest BCUT2D eigenvalue weighted by molar-refractivity contribution is -0.143. The number of halogens is 1. The highest BCUT2D eigenvalue weighted by Gasteiger charge is 2.05. The van der Waals surface area contributed by atoms with Crippen LogP contribution in [0.1, 0.15) is 24.5 Å². The fourth-order valence-electron chi connectivity index (χ4n) is 1.47. The molecule has 0 N–H and O–H groups in total. The van der Waals surface area contributed by atoms with Crippen molar-refractivity contribution in [3.05, 3.63) is 28.3 Å². The van der Waals surface area contributed by atoms with Gasteiger partial charge in [0.05, 0.1) is 19.6 Å². The Bertz CT molecular complexity index is 379. The number of carbonyl (C=O) groups is 1. The van der Waals surface area contributed by atoms with Crippen LogP contribution in [0.5, 0.6) is 5.75 Å². The van der Waals surface area contributed by atoms with Crippen LogP contribution in [-0.4, -0.2) is 19.2 Å². The van der Waals surface area contributed by atoms with Gasteiger partial charge in [0, 0.05) is 5.02 Å². The van der Waals surface area contributed by atoms with E-state index < -0.39 is 0 Å². The molecule has 0 fully saturated rings. The number of rotatable bonds is 5. The van der Waals surface area contributed by atoms with Crippen LogP contribution in [0.3, 0.4) is 0 Å². The van der Waals surface area contributed by atoms with E-state index in [2.05, 4.69) is 0 Å². The van der Waals surface area contributed by atoms with Crippen molar-refractivity contribution in [1.29, 1.82) is 0 Å². The fraction of sp³-hybridized carbons (Fsp3) is 0.462. The zero-order valence-electron chi connectivity index (χ0n) is 10.4. The second-order valence-corrected chi connectivity index (χ2v) is 4.15. The van der Waals surface area contributed by atoms with Crippen molar-refractivity contribution in [3.63, 3.8) is 0 Å². The molecule has 0 aliphatic heterocycles. The summed E-state index contributed by atoms with van der Waals surface area (Å²) >= 11 is 6.05. The Morgan fingerprint density at radius 2 is 1.88 bits per heavy atom. The quantitative estimate of drug-likeness (QED) is 0.759. The van der Waals surface area contributed by atoms with Crippen molar-refractivity contribution in [2.75, 3.05) is 13.2 Å². The number of ether oxygens (including phenoxy) is 2. The first-order valence-corrected chi connectivity index (χ1v) is 5.97. The molecule has 1 aromatic carbocycles. The molecular formula is C13H17ClO3. The molecule has 0 saturated heterocycles. The van der Waals surface area contributed by atoms with Gasteiger partial charge in [-0.2, -0.15) is 0 Å². The summed E-state index contributed by atoms with van der Waals surface area (Å²) in [7, 11) is 0. The molecule has 0 unspecified atom stereocenters. The molecule has 0 aliphatic rings. The second kappa shape index (κ2) is 6.50. The van der Waals surface area contributed by atoms with E-state index in [1.165, 1.54) is 0 Å². The van der Waals surface area contributed by atoms with Crippen LogP contribution in [0, 0.1) is 13.8 Å². The van der Waals surface area contributed by atoms with E-state index in [1.807, 2.05) is 26.0 Å². The Hall–Kier alpha value is -1.22. The van der Waals surface area contributed by atoms with Crippen LogP contribution < -0.4 is 4.74 Å². The van der Waals surface area contributed by atoms with E-state index >= 15 is 0 Å². The van der Waals surface area contributed by atoms with Gasteiger partial charge < -0.3 is 9.47 Å². The van der Waals surface area contributed by atoms with Crippen LogP contribution >= 0.6 is 11.6 Å². The number of esters is 1. The molecule has 0 spiro atoms. The van der Waals surface area contributed by atoms with E-state index in [1.54, 1.807) is 6.92 Å². The maximum absolute atomic E-state index is 11.1. The first-order chi connectivity index (χ1) is 8.04. The number of hydrogen-bond acceptors (Lipinski definition) is 3. The zero-order chi connectivity index (χ0) is 12.8. The minimum Gasteiger partial charge on any atom is -0.493 e. The summed E-state index contributed by atoms with van der Waals surface area (Å²) in [6, 6.07) is 3.72. The molecule has 0 saturated carbocycles. The van der Waals surface area contributed by atoms with Crippen LogP contribution in [0.2, 0.25) is 5.02 Å². The van der Waals surface area contributed by atoms with Crippen LogP contribution in [0.4, 0.5) is 0 Å². The van der Waals surface area contributed by atoms with Crippen LogP contribution in [-0.2, 0) is 9.53 Å². The Morgan fingerprint density at radius 1 is 1.29 bits per heavy atom. The van der Waals surface area contributed by atoms with Crippen molar-refractivity contribution >= 4 is 17.6 Å². The van der Waals surface area contributed by atoms with E-state index in [4.69, 9.17) is 21.1 Å². The third-order valence-corrected chi connectivity index (χ3v) is 2.89. The largest absolute Gasteiger partial charge is 0.493 e. The normalized spacial score (nSPS) is 10.1. The highest BCUT2D eigenvalue weighted by molar-refractivity contribution is 6.32. The van der Waals surface area contributed by atoms with E-state index in [-0.39, 0.29) is 12.4 Å². The standard InChI is InChI=1S/C13H17ClO3/c1-4-16-12(15)5-6-17-11-7-9(2)13(14)10(3)8-11/h7-8H,4-6H2,1-3H3. The lowest BCUT2D eigenvalue weighted by Crippen LogP contribution is -2.09. The van der Waals surface area contributed by atoms with Gasteiger partial charge in [-0.05, 0) is 44.0 Å². The number of carbonyl (C=O) groups excluding carboxylic acids is 1. The zero-order valence-corrected chi connectivity index (χ0v) is 11.1. The predicted molar refractivity (Wildman–Crippen MR) is 67.7 cm³/mol. The molecule has 0 heterocycles. The predicted octanol–water partition coefficient (Wildman–Crippen LogP) is 3.29. The molecule has 1 rings (SSSR count). The van der Waals surface area contributed by atoms with Gasteiger partial charge in [-0.1, -0.05) is 11.6 Å². The number of aryl methyl sites for hydroxylation is 2. The van der Waals surface area contributed by atoms with Gasteiger partial charge in [-0.25, -0.2) is 0 Å². The highest BCUT2D eigenvalue weighted by atomic mass is 35.5. The lowest BCUT2D eigenvalue weighted by Gasteiger charge is -2.09. The number of benzene rings is 1. The monoisotopic (exact) mass is 256 g/mol. The molecule has 0 aromatic heterocycles. The molecule has 1 aromatic rings. The molecule has 3 nitrogen and oxygen atoms in total. The van der Waals surface area contributed by atoms with Crippen molar-refractivity contribution < 1.29 is 14.3 Å².